The molecule has 0 fully saturated rings. The monoisotopic (exact) mass is 201 g/mol. The maximum atomic E-state index is 8.79. The van der Waals surface area contributed by atoms with E-state index < -0.39 is 6.10 Å². The molecule has 1 unspecified atom stereocenters. The Kier molecular flexibility index (Phi) is 6.46. The summed E-state index contributed by atoms with van der Waals surface area (Å²) in [6.45, 7) is 4.32. The fraction of sp³-hybridized carbons (Fsp3) is 0.900. The maximum absolute atomic E-state index is 8.79. The quantitative estimate of drug-likeness (QED) is 0.626. The van der Waals surface area contributed by atoms with E-state index in [1.807, 2.05) is 13.8 Å². The average molecular weight is 201 g/mol. The molecule has 0 aromatic rings. The van der Waals surface area contributed by atoms with E-state index >= 15 is 0 Å². The van der Waals surface area contributed by atoms with E-state index in [1.54, 1.807) is 7.11 Å². The van der Waals surface area contributed by atoms with Gasteiger partial charge in [-0.15, -0.1) is 0 Å². The number of methoxy groups -OCH3 is 1. The highest BCUT2D eigenvalue weighted by atomic mass is 16.5. The Morgan fingerprint density at radius 2 is 2.14 bits per heavy atom. The third kappa shape index (κ3) is 5.92. The lowest BCUT2D eigenvalue weighted by Gasteiger charge is -2.25. The van der Waals surface area contributed by atoms with Crippen LogP contribution in [0, 0.1) is 11.3 Å². The highest BCUT2D eigenvalue weighted by molar-refractivity contribution is 4.89. The Hall–Kier alpha value is -0.630. The van der Waals surface area contributed by atoms with Crippen LogP contribution < -0.4 is 0 Å². The topological polar surface area (TPSA) is 62.5 Å². The summed E-state index contributed by atoms with van der Waals surface area (Å²) in [4.78, 5) is 0. The van der Waals surface area contributed by atoms with E-state index in [0.717, 1.165) is 0 Å². The van der Waals surface area contributed by atoms with Gasteiger partial charge in [0.05, 0.1) is 18.3 Å². The molecule has 1 N–H and O–H groups in total. The van der Waals surface area contributed by atoms with E-state index in [4.69, 9.17) is 19.8 Å². The largest absolute Gasteiger partial charge is 0.396 e. The predicted molar refractivity (Wildman–Crippen MR) is 52.8 cm³/mol. The van der Waals surface area contributed by atoms with Gasteiger partial charge in [-0.2, -0.15) is 5.26 Å². The van der Waals surface area contributed by atoms with Crippen molar-refractivity contribution in [2.24, 2.45) is 0 Å². The summed E-state index contributed by atoms with van der Waals surface area (Å²) in [5, 5.41) is 17.3. The molecule has 4 nitrogen and oxygen atoms in total. The smallest absolute Gasteiger partial charge is 0.146 e. The van der Waals surface area contributed by atoms with Crippen LogP contribution in [0.1, 0.15) is 26.7 Å². The van der Waals surface area contributed by atoms with E-state index in [0.29, 0.717) is 19.4 Å². The minimum atomic E-state index is -0.462. The van der Waals surface area contributed by atoms with Crippen LogP contribution >= 0.6 is 0 Å². The zero-order chi connectivity index (χ0) is 11.0. The lowest BCUT2D eigenvalue weighted by molar-refractivity contribution is -0.0290. The molecule has 0 aliphatic rings. The zero-order valence-electron chi connectivity index (χ0n) is 9.12. The molecule has 0 aromatic carbocycles. The van der Waals surface area contributed by atoms with E-state index in [-0.39, 0.29) is 12.2 Å². The molecule has 14 heavy (non-hydrogen) atoms. The standard InChI is InChI=1S/C10H19NO3/c1-10(2,13-3)7-9(8-11)14-6-4-5-12/h9,12H,4-7H2,1-3H3. The predicted octanol–water partition coefficient (Wildman–Crippen LogP) is 1.09. The Morgan fingerprint density at radius 3 is 2.57 bits per heavy atom. The third-order valence-electron chi connectivity index (χ3n) is 2.00. The zero-order valence-corrected chi connectivity index (χ0v) is 9.12. The van der Waals surface area contributed by atoms with E-state index in [1.165, 1.54) is 0 Å². The number of hydrogen-bond acceptors (Lipinski definition) is 4. The molecule has 4 heteroatoms. The van der Waals surface area contributed by atoms with Gasteiger partial charge in [0.2, 0.25) is 0 Å². The molecule has 1 atom stereocenters. The Balaban J connectivity index is 3.86. The molecule has 0 aliphatic carbocycles. The van der Waals surface area contributed by atoms with Crippen LogP contribution in [0.3, 0.4) is 0 Å². The van der Waals surface area contributed by atoms with Crippen molar-refractivity contribution >= 4 is 0 Å². The van der Waals surface area contributed by atoms with Gasteiger partial charge in [0.15, 0.2) is 0 Å². The molecule has 0 saturated carbocycles. The number of nitrogens with zero attached hydrogens (tertiary/aromatic N) is 1. The number of nitriles is 1. The van der Waals surface area contributed by atoms with Crippen LogP contribution in [0.5, 0.6) is 0 Å². The van der Waals surface area contributed by atoms with Gasteiger partial charge < -0.3 is 14.6 Å². The van der Waals surface area contributed by atoms with Gasteiger partial charge in [-0.25, -0.2) is 0 Å². The molecule has 0 amide bonds. The average Bonchev–Trinajstić information content (AvgIpc) is 2.16. The van der Waals surface area contributed by atoms with Gasteiger partial charge in [0, 0.05) is 20.1 Å². The van der Waals surface area contributed by atoms with E-state index in [9.17, 15) is 0 Å². The normalized spacial score (nSPS) is 13.6. The summed E-state index contributed by atoms with van der Waals surface area (Å²) in [5.41, 5.74) is -0.348. The van der Waals surface area contributed by atoms with Gasteiger partial charge in [0.25, 0.3) is 0 Å². The number of aliphatic hydroxyl groups excluding tert-OH is 1. The molecule has 0 saturated heterocycles. The molecule has 0 rings (SSSR count). The second kappa shape index (κ2) is 6.77. The van der Waals surface area contributed by atoms with Crippen LogP contribution in [0.4, 0.5) is 0 Å². The Morgan fingerprint density at radius 1 is 1.50 bits per heavy atom. The van der Waals surface area contributed by atoms with Gasteiger partial charge in [-0.3, -0.25) is 0 Å². The van der Waals surface area contributed by atoms with Crippen molar-refractivity contribution in [2.75, 3.05) is 20.3 Å². The number of rotatable bonds is 7. The minimum Gasteiger partial charge on any atom is -0.396 e. The second-order valence-electron chi connectivity index (χ2n) is 3.73. The van der Waals surface area contributed by atoms with Crippen molar-refractivity contribution in [3.8, 4) is 6.07 Å². The molecule has 0 aromatic heterocycles. The van der Waals surface area contributed by atoms with Crippen LogP contribution in [0.2, 0.25) is 0 Å². The molecule has 0 bridgehead atoms. The lowest BCUT2D eigenvalue weighted by Crippen LogP contribution is -2.29. The highest BCUT2D eigenvalue weighted by Gasteiger charge is 2.22. The van der Waals surface area contributed by atoms with Crippen molar-refractivity contribution in [3.05, 3.63) is 0 Å². The molecule has 82 valence electrons. The number of aliphatic hydroxyl groups is 1. The molecule has 0 radical (unpaired) electrons. The first kappa shape index (κ1) is 13.4. The van der Waals surface area contributed by atoms with Crippen molar-refractivity contribution in [3.63, 3.8) is 0 Å². The van der Waals surface area contributed by atoms with Gasteiger partial charge in [0.1, 0.15) is 6.10 Å². The first-order valence-electron chi connectivity index (χ1n) is 4.73. The van der Waals surface area contributed by atoms with E-state index in [2.05, 4.69) is 6.07 Å². The minimum absolute atomic E-state index is 0.0891. The Bertz CT molecular complexity index is 186. The molecule has 0 spiro atoms. The summed E-state index contributed by atoms with van der Waals surface area (Å²) in [7, 11) is 1.61. The summed E-state index contributed by atoms with van der Waals surface area (Å²) in [6.07, 6.45) is 0.633. The second-order valence-corrected chi connectivity index (χ2v) is 3.73. The third-order valence-corrected chi connectivity index (χ3v) is 2.00. The van der Waals surface area contributed by atoms with Crippen LogP contribution in [-0.4, -0.2) is 37.1 Å². The summed E-state index contributed by atoms with van der Waals surface area (Å²) < 4.78 is 10.5. The number of hydrogen-bond donors (Lipinski definition) is 1. The van der Waals surface area contributed by atoms with Crippen LogP contribution in [-0.2, 0) is 9.47 Å². The summed E-state index contributed by atoms with van der Waals surface area (Å²) >= 11 is 0. The number of ether oxygens (including phenoxy) is 2. The van der Waals surface area contributed by atoms with Crippen molar-refractivity contribution in [1.29, 1.82) is 5.26 Å². The summed E-state index contributed by atoms with van der Waals surface area (Å²) in [5.74, 6) is 0. The SMILES string of the molecule is COC(C)(C)CC(C#N)OCCCO. The molecular formula is C10H19NO3. The summed E-state index contributed by atoms with van der Waals surface area (Å²) in [6, 6.07) is 2.07. The first-order valence-corrected chi connectivity index (χ1v) is 4.73. The van der Waals surface area contributed by atoms with Crippen LogP contribution in [0.25, 0.3) is 0 Å². The maximum Gasteiger partial charge on any atom is 0.146 e. The van der Waals surface area contributed by atoms with Gasteiger partial charge in [-0.05, 0) is 20.3 Å². The molecule has 0 heterocycles. The fourth-order valence-corrected chi connectivity index (χ4v) is 0.962. The molecular weight excluding hydrogens is 182 g/mol. The molecule has 0 aliphatic heterocycles. The van der Waals surface area contributed by atoms with Gasteiger partial charge in [-0.1, -0.05) is 0 Å². The van der Waals surface area contributed by atoms with Crippen molar-refractivity contribution in [2.45, 2.75) is 38.4 Å². The lowest BCUT2D eigenvalue weighted by atomic mass is 10.0. The highest BCUT2D eigenvalue weighted by Crippen LogP contribution is 2.17. The van der Waals surface area contributed by atoms with Crippen LogP contribution in [0.15, 0.2) is 0 Å². The fourth-order valence-electron chi connectivity index (χ4n) is 0.962. The van der Waals surface area contributed by atoms with Gasteiger partial charge >= 0.3 is 0 Å². The van der Waals surface area contributed by atoms with Crippen molar-refractivity contribution in [1.82, 2.24) is 0 Å². The van der Waals surface area contributed by atoms with Crippen molar-refractivity contribution < 1.29 is 14.6 Å². The Labute approximate surface area is 85.4 Å². The first-order chi connectivity index (χ1) is 6.55.